The normalized spacial score (nSPS) is 15.6. The van der Waals surface area contributed by atoms with Crippen LogP contribution in [0.15, 0.2) is 57.1 Å². The van der Waals surface area contributed by atoms with Gasteiger partial charge in [-0.2, -0.15) is 0 Å². The molecule has 0 aliphatic carbocycles. The second-order valence-corrected chi connectivity index (χ2v) is 7.25. The standard InChI is InChI=1S/C20H21N3O2S/c1-14-5-3-6-15-11-16-12-23(13-17-7-4-9-25-17)20(21-8-10-24-2)26-19(16)22-18(14)15/h3-7,9,11H,8,10,12-13H2,1-2H3. The summed E-state index contributed by atoms with van der Waals surface area (Å²) in [5, 5.41) is 3.19. The number of furan rings is 1. The van der Waals surface area contributed by atoms with E-state index in [2.05, 4.69) is 36.1 Å². The van der Waals surface area contributed by atoms with Crippen LogP contribution in [-0.2, 0) is 17.8 Å². The Bertz CT molecular complexity index is 938. The van der Waals surface area contributed by atoms with E-state index >= 15 is 0 Å². The Morgan fingerprint density at radius 1 is 1.31 bits per heavy atom. The molecule has 1 aliphatic rings. The monoisotopic (exact) mass is 367 g/mol. The first-order valence-electron chi connectivity index (χ1n) is 8.62. The molecule has 0 amide bonds. The fourth-order valence-corrected chi connectivity index (χ4v) is 4.06. The highest BCUT2D eigenvalue weighted by molar-refractivity contribution is 8.13. The van der Waals surface area contributed by atoms with Crippen molar-refractivity contribution in [1.82, 2.24) is 9.88 Å². The minimum atomic E-state index is 0.607. The van der Waals surface area contributed by atoms with E-state index in [1.807, 2.05) is 12.1 Å². The van der Waals surface area contributed by atoms with Gasteiger partial charge in [0.25, 0.3) is 0 Å². The zero-order valence-electron chi connectivity index (χ0n) is 14.9. The van der Waals surface area contributed by atoms with E-state index in [9.17, 15) is 0 Å². The maximum atomic E-state index is 5.54. The first-order valence-corrected chi connectivity index (χ1v) is 9.44. The Hall–Kier alpha value is -2.31. The fraction of sp³-hybridized carbons (Fsp3) is 0.300. The second kappa shape index (κ2) is 7.51. The molecule has 0 saturated heterocycles. The Balaban J connectivity index is 1.70. The number of amidine groups is 1. The van der Waals surface area contributed by atoms with Gasteiger partial charge < -0.3 is 14.1 Å². The number of pyridine rings is 1. The van der Waals surface area contributed by atoms with Crippen LogP contribution < -0.4 is 0 Å². The molecule has 4 rings (SSSR count). The van der Waals surface area contributed by atoms with Crippen molar-refractivity contribution in [3.05, 3.63) is 59.5 Å². The van der Waals surface area contributed by atoms with Crippen LogP contribution in [0.5, 0.6) is 0 Å². The Morgan fingerprint density at radius 3 is 3.04 bits per heavy atom. The Morgan fingerprint density at radius 2 is 2.23 bits per heavy atom. The Labute approximate surface area is 157 Å². The van der Waals surface area contributed by atoms with Crippen molar-refractivity contribution in [2.75, 3.05) is 20.3 Å². The van der Waals surface area contributed by atoms with Gasteiger partial charge >= 0.3 is 0 Å². The molecule has 0 spiro atoms. The molecule has 0 radical (unpaired) electrons. The van der Waals surface area contributed by atoms with Gasteiger partial charge in [-0.3, -0.25) is 4.99 Å². The highest BCUT2D eigenvalue weighted by Crippen LogP contribution is 2.34. The van der Waals surface area contributed by atoms with E-state index in [0.717, 1.165) is 28.0 Å². The number of ether oxygens (including phenoxy) is 1. The first kappa shape index (κ1) is 17.1. The van der Waals surface area contributed by atoms with Gasteiger partial charge in [0.05, 0.1) is 31.5 Å². The van der Waals surface area contributed by atoms with Crippen LogP contribution in [0.1, 0.15) is 16.9 Å². The quantitative estimate of drug-likeness (QED) is 0.631. The van der Waals surface area contributed by atoms with Crippen LogP contribution in [0, 0.1) is 6.92 Å². The number of fused-ring (bicyclic) bond motifs is 2. The van der Waals surface area contributed by atoms with Gasteiger partial charge in [0.2, 0.25) is 0 Å². The summed E-state index contributed by atoms with van der Waals surface area (Å²) in [6.07, 6.45) is 1.71. The molecular weight excluding hydrogens is 346 g/mol. The van der Waals surface area contributed by atoms with Crippen molar-refractivity contribution < 1.29 is 9.15 Å². The third-order valence-corrected chi connectivity index (χ3v) is 5.49. The maximum absolute atomic E-state index is 5.54. The number of benzene rings is 1. The molecule has 0 unspecified atom stereocenters. The fourth-order valence-electron chi connectivity index (χ4n) is 3.08. The van der Waals surface area contributed by atoms with Gasteiger partial charge in [0.15, 0.2) is 5.17 Å². The average molecular weight is 367 g/mol. The molecule has 1 aliphatic heterocycles. The molecule has 0 atom stereocenters. The molecule has 26 heavy (non-hydrogen) atoms. The number of rotatable bonds is 5. The van der Waals surface area contributed by atoms with Crippen molar-refractivity contribution in [3.8, 4) is 0 Å². The summed E-state index contributed by atoms with van der Waals surface area (Å²) < 4.78 is 10.7. The van der Waals surface area contributed by atoms with Gasteiger partial charge in [0.1, 0.15) is 10.8 Å². The third kappa shape index (κ3) is 3.48. The number of thioether (sulfide) groups is 1. The number of nitrogens with zero attached hydrogens (tertiary/aromatic N) is 3. The zero-order chi connectivity index (χ0) is 17.9. The van der Waals surface area contributed by atoms with E-state index in [4.69, 9.17) is 19.1 Å². The van der Waals surface area contributed by atoms with Gasteiger partial charge in [0, 0.05) is 24.6 Å². The lowest BCUT2D eigenvalue weighted by Crippen LogP contribution is -2.32. The molecule has 5 nitrogen and oxygen atoms in total. The number of aryl methyl sites for hydroxylation is 1. The zero-order valence-corrected chi connectivity index (χ0v) is 15.8. The van der Waals surface area contributed by atoms with E-state index < -0.39 is 0 Å². The molecule has 3 aromatic rings. The second-order valence-electron chi connectivity index (χ2n) is 6.29. The van der Waals surface area contributed by atoms with Gasteiger partial charge in [-0.15, -0.1) is 0 Å². The van der Waals surface area contributed by atoms with Gasteiger partial charge in [-0.1, -0.05) is 18.2 Å². The predicted octanol–water partition coefficient (Wildman–Crippen LogP) is 4.25. The molecule has 1 aromatic carbocycles. The van der Waals surface area contributed by atoms with E-state index in [1.165, 1.54) is 16.5 Å². The molecule has 0 bridgehead atoms. The number of hydrogen-bond donors (Lipinski definition) is 0. The molecule has 0 saturated carbocycles. The minimum Gasteiger partial charge on any atom is -0.467 e. The van der Waals surface area contributed by atoms with Crippen LogP contribution in [0.25, 0.3) is 10.9 Å². The summed E-state index contributed by atoms with van der Waals surface area (Å²) >= 11 is 1.63. The van der Waals surface area contributed by atoms with Crippen LogP contribution >= 0.6 is 11.8 Å². The Kier molecular flexibility index (Phi) is 4.95. The van der Waals surface area contributed by atoms with Crippen molar-refractivity contribution >= 4 is 27.8 Å². The highest BCUT2D eigenvalue weighted by Gasteiger charge is 2.25. The predicted molar refractivity (Wildman–Crippen MR) is 104 cm³/mol. The SMILES string of the molecule is COCCN=C1Sc2nc3c(C)cccc3cc2CN1Cc1ccco1. The van der Waals surface area contributed by atoms with E-state index in [0.29, 0.717) is 19.7 Å². The van der Waals surface area contributed by atoms with Crippen LogP contribution in [0.3, 0.4) is 0 Å². The largest absolute Gasteiger partial charge is 0.467 e. The van der Waals surface area contributed by atoms with Crippen LogP contribution in [0.2, 0.25) is 0 Å². The van der Waals surface area contributed by atoms with Crippen molar-refractivity contribution in [1.29, 1.82) is 0 Å². The van der Waals surface area contributed by atoms with E-state index in [1.54, 1.807) is 25.1 Å². The van der Waals surface area contributed by atoms with Crippen molar-refractivity contribution in [2.24, 2.45) is 4.99 Å². The summed E-state index contributed by atoms with van der Waals surface area (Å²) in [5.74, 6) is 0.929. The summed E-state index contributed by atoms with van der Waals surface area (Å²) in [6.45, 7) is 4.81. The molecule has 6 heteroatoms. The number of para-hydroxylation sites is 1. The molecule has 0 N–H and O–H groups in total. The smallest absolute Gasteiger partial charge is 0.166 e. The summed E-state index contributed by atoms with van der Waals surface area (Å²) in [6, 6.07) is 12.5. The highest BCUT2D eigenvalue weighted by atomic mass is 32.2. The molecular formula is C20H21N3O2S. The first-order chi connectivity index (χ1) is 12.7. The maximum Gasteiger partial charge on any atom is 0.166 e. The van der Waals surface area contributed by atoms with E-state index in [-0.39, 0.29) is 0 Å². The lowest BCUT2D eigenvalue weighted by Gasteiger charge is -2.30. The third-order valence-electron chi connectivity index (χ3n) is 4.38. The van der Waals surface area contributed by atoms with Crippen molar-refractivity contribution in [2.45, 2.75) is 25.0 Å². The molecule has 3 heterocycles. The minimum absolute atomic E-state index is 0.607. The summed E-state index contributed by atoms with van der Waals surface area (Å²) in [7, 11) is 1.70. The lowest BCUT2D eigenvalue weighted by molar-refractivity contribution is 0.207. The topological polar surface area (TPSA) is 50.9 Å². The molecule has 0 fully saturated rings. The number of aromatic nitrogens is 1. The van der Waals surface area contributed by atoms with Gasteiger partial charge in [-0.05, 0) is 42.4 Å². The summed E-state index contributed by atoms with van der Waals surface area (Å²) in [4.78, 5) is 11.9. The number of methoxy groups -OCH3 is 1. The molecule has 2 aromatic heterocycles. The summed E-state index contributed by atoms with van der Waals surface area (Å²) in [5.41, 5.74) is 3.49. The number of aliphatic imine (C=N–C) groups is 1. The lowest BCUT2D eigenvalue weighted by atomic mass is 10.1. The van der Waals surface area contributed by atoms with Gasteiger partial charge in [-0.25, -0.2) is 4.98 Å². The average Bonchev–Trinajstić information content (AvgIpc) is 3.14. The van der Waals surface area contributed by atoms with Crippen molar-refractivity contribution in [3.63, 3.8) is 0 Å². The van der Waals surface area contributed by atoms with Crippen LogP contribution in [0.4, 0.5) is 0 Å². The number of hydrogen-bond acceptors (Lipinski definition) is 5. The molecule has 134 valence electrons. The van der Waals surface area contributed by atoms with Crippen LogP contribution in [-0.4, -0.2) is 35.3 Å².